The van der Waals surface area contributed by atoms with Crippen LogP contribution < -0.4 is 14.5 Å². The molecule has 0 saturated heterocycles. The van der Waals surface area contributed by atoms with Crippen LogP contribution in [0.2, 0.25) is 0 Å². The summed E-state index contributed by atoms with van der Waals surface area (Å²) in [5.41, 5.74) is 1.04. The first-order valence-electron chi connectivity index (χ1n) is 8.53. The third-order valence-corrected chi connectivity index (χ3v) is 4.46. The van der Waals surface area contributed by atoms with E-state index in [-0.39, 0.29) is 17.2 Å². The summed E-state index contributed by atoms with van der Waals surface area (Å²) in [6.07, 6.45) is 5.67. The van der Waals surface area contributed by atoms with Gasteiger partial charge in [0.05, 0.1) is 31.2 Å². The normalized spacial score (nSPS) is 18.4. The molecule has 1 atom stereocenters. The van der Waals surface area contributed by atoms with Crippen LogP contribution in [-0.2, 0) is 23.9 Å². The zero-order chi connectivity index (χ0) is 20.4. The summed E-state index contributed by atoms with van der Waals surface area (Å²) in [5.74, 6) is -1.18. The topological polar surface area (TPSA) is 85.4 Å². The molecule has 0 bridgehead atoms. The lowest BCUT2D eigenvalue weighted by molar-refractivity contribution is -0.139. The van der Waals surface area contributed by atoms with Crippen LogP contribution >= 0.6 is 0 Å². The zero-order valence-electron chi connectivity index (χ0n) is 16.0. The third-order valence-electron chi connectivity index (χ3n) is 4.46. The maximum atomic E-state index is 12.6. The lowest BCUT2D eigenvalue weighted by Gasteiger charge is -2.34. The minimum absolute atomic E-state index is 0.0245. The number of methoxy groups -OCH3 is 2. The zero-order valence-corrected chi connectivity index (χ0v) is 16.0. The third kappa shape index (κ3) is 3.13. The van der Waals surface area contributed by atoms with Crippen molar-refractivity contribution in [2.45, 2.75) is 13.0 Å². The first kappa shape index (κ1) is 19.2. The van der Waals surface area contributed by atoms with Crippen LogP contribution in [-0.4, -0.2) is 45.2 Å². The van der Waals surface area contributed by atoms with Gasteiger partial charge in [0.15, 0.2) is 11.9 Å². The number of anilines is 2. The van der Waals surface area contributed by atoms with E-state index in [4.69, 9.17) is 14.2 Å². The number of carbonyl (C=O) groups is 3. The van der Waals surface area contributed by atoms with Gasteiger partial charge in [-0.15, -0.1) is 0 Å². The van der Waals surface area contributed by atoms with E-state index in [1.54, 1.807) is 50.5 Å². The van der Waals surface area contributed by atoms with E-state index >= 15 is 0 Å². The molecule has 2 heterocycles. The summed E-state index contributed by atoms with van der Waals surface area (Å²) in [5, 5.41) is 0. The van der Waals surface area contributed by atoms with Crippen LogP contribution in [0.15, 0.2) is 53.9 Å². The molecule has 1 amide bonds. The molecule has 8 nitrogen and oxygen atoms in total. The SMILES string of the molecule is COC(=O)C1=C(C(=O)OC)N(c2cccc3c2OC(C)C(=O)N3C)C=CC=C1. The smallest absolute Gasteiger partial charge is 0.355 e. The average Bonchev–Trinajstić information content (AvgIpc) is 2.93. The molecule has 28 heavy (non-hydrogen) atoms. The van der Waals surface area contributed by atoms with Crippen molar-refractivity contribution < 1.29 is 28.6 Å². The minimum Gasteiger partial charge on any atom is -0.476 e. The average molecular weight is 384 g/mol. The fourth-order valence-corrected chi connectivity index (χ4v) is 3.06. The number of para-hydroxylation sites is 1. The Balaban J connectivity index is 2.24. The Morgan fingerprint density at radius 2 is 1.75 bits per heavy atom. The molecule has 1 aromatic carbocycles. The molecule has 0 fully saturated rings. The highest BCUT2D eigenvalue weighted by atomic mass is 16.5. The van der Waals surface area contributed by atoms with Crippen LogP contribution in [0.3, 0.4) is 0 Å². The number of rotatable bonds is 3. The predicted molar refractivity (Wildman–Crippen MR) is 102 cm³/mol. The Kier molecular flexibility index (Phi) is 5.21. The van der Waals surface area contributed by atoms with Gasteiger partial charge in [-0.25, -0.2) is 9.59 Å². The monoisotopic (exact) mass is 384 g/mol. The van der Waals surface area contributed by atoms with E-state index in [2.05, 4.69) is 0 Å². The quantitative estimate of drug-likeness (QED) is 0.736. The van der Waals surface area contributed by atoms with Crippen molar-refractivity contribution >= 4 is 29.2 Å². The number of ether oxygens (including phenoxy) is 3. The largest absolute Gasteiger partial charge is 0.476 e. The van der Waals surface area contributed by atoms with Crippen molar-refractivity contribution in [3.8, 4) is 5.75 Å². The number of esters is 2. The van der Waals surface area contributed by atoms with Gasteiger partial charge in [0, 0.05) is 13.2 Å². The predicted octanol–water partition coefficient (Wildman–Crippen LogP) is 1.92. The van der Waals surface area contributed by atoms with Gasteiger partial charge in [0.2, 0.25) is 0 Å². The van der Waals surface area contributed by atoms with Gasteiger partial charge in [-0.1, -0.05) is 12.1 Å². The molecule has 8 heteroatoms. The molecule has 146 valence electrons. The van der Waals surface area contributed by atoms with E-state index in [1.807, 2.05) is 0 Å². The van der Waals surface area contributed by atoms with Crippen molar-refractivity contribution in [2.75, 3.05) is 31.1 Å². The van der Waals surface area contributed by atoms with E-state index in [0.717, 1.165) is 0 Å². The minimum atomic E-state index is -0.720. The summed E-state index contributed by atoms with van der Waals surface area (Å²) >= 11 is 0. The maximum absolute atomic E-state index is 12.6. The first-order valence-corrected chi connectivity index (χ1v) is 8.53. The van der Waals surface area contributed by atoms with Gasteiger partial charge in [0.25, 0.3) is 5.91 Å². The van der Waals surface area contributed by atoms with Crippen molar-refractivity contribution in [3.05, 3.63) is 53.9 Å². The van der Waals surface area contributed by atoms with Crippen molar-refractivity contribution in [3.63, 3.8) is 0 Å². The van der Waals surface area contributed by atoms with Gasteiger partial charge in [-0.3, -0.25) is 4.79 Å². The van der Waals surface area contributed by atoms with Gasteiger partial charge in [0.1, 0.15) is 5.70 Å². The number of fused-ring (bicyclic) bond motifs is 1. The molecular formula is C20H20N2O6. The molecular weight excluding hydrogens is 364 g/mol. The molecule has 1 aromatic rings. The van der Waals surface area contributed by atoms with Gasteiger partial charge in [-0.05, 0) is 31.2 Å². The van der Waals surface area contributed by atoms with Crippen LogP contribution in [0, 0.1) is 0 Å². The standard InChI is InChI=1S/C20H20N2O6/c1-12-18(23)21(2)14-9-7-10-15(17(14)28-12)22-11-6-5-8-13(19(24)26-3)16(22)20(25)27-4/h5-12H,1-4H3. The van der Waals surface area contributed by atoms with Gasteiger partial charge >= 0.3 is 11.9 Å². The highest BCUT2D eigenvalue weighted by Crippen LogP contribution is 2.43. The number of benzene rings is 1. The maximum Gasteiger partial charge on any atom is 0.355 e. The number of amides is 1. The van der Waals surface area contributed by atoms with Crippen LogP contribution in [0.1, 0.15) is 6.92 Å². The lowest BCUT2D eigenvalue weighted by atomic mass is 10.1. The number of carbonyl (C=O) groups excluding carboxylic acids is 3. The Morgan fingerprint density at radius 1 is 1.07 bits per heavy atom. The van der Waals surface area contributed by atoms with E-state index in [0.29, 0.717) is 17.1 Å². The second-order valence-corrected chi connectivity index (χ2v) is 6.10. The van der Waals surface area contributed by atoms with Crippen LogP contribution in [0.25, 0.3) is 0 Å². The summed E-state index contributed by atoms with van der Waals surface area (Å²) in [6, 6.07) is 5.20. The van der Waals surface area contributed by atoms with E-state index in [1.165, 1.54) is 30.1 Å². The lowest BCUT2D eigenvalue weighted by Crippen LogP contribution is -2.42. The van der Waals surface area contributed by atoms with Crippen LogP contribution in [0.4, 0.5) is 11.4 Å². The Hall–Kier alpha value is -3.55. The number of allylic oxidation sites excluding steroid dienone is 2. The summed E-state index contributed by atoms with van der Waals surface area (Å²) in [6.45, 7) is 1.65. The first-order chi connectivity index (χ1) is 13.4. The number of hydrogen-bond acceptors (Lipinski definition) is 7. The summed E-state index contributed by atoms with van der Waals surface area (Å²) in [7, 11) is 4.11. The fourth-order valence-electron chi connectivity index (χ4n) is 3.06. The summed E-state index contributed by atoms with van der Waals surface area (Å²) < 4.78 is 15.6. The molecule has 0 aliphatic carbocycles. The van der Waals surface area contributed by atoms with Crippen molar-refractivity contribution in [2.24, 2.45) is 0 Å². The Labute approximate surface area is 162 Å². The van der Waals surface area contributed by atoms with Gasteiger partial charge in [-0.2, -0.15) is 0 Å². The molecule has 0 spiro atoms. The van der Waals surface area contributed by atoms with Gasteiger partial charge < -0.3 is 24.0 Å². The van der Waals surface area contributed by atoms with E-state index in [9.17, 15) is 14.4 Å². The molecule has 0 aromatic heterocycles. The molecule has 0 saturated carbocycles. The second-order valence-electron chi connectivity index (χ2n) is 6.10. The number of hydrogen-bond donors (Lipinski definition) is 0. The molecule has 1 unspecified atom stereocenters. The highest BCUT2D eigenvalue weighted by Gasteiger charge is 2.34. The molecule has 0 radical (unpaired) electrons. The number of nitrogens with zero attached hydrogens (tertiary/aromatic N) is 2. The molecule has 3 rings (SSSR count). The molecule has 2 aliphatic heterocycles. The molecule has 2 aliphatic rings. The summed E-state index contributed by atoms with van der Waals surface area (Å²) in [4.78, 5) is 40.1. The second kappa shape index (κ2) is 7.59. The number of likely N-dealkylation sites (N-methyl/N-ethyl adjacent to an activating group) is 1. The highest BCUT2D eigenvalue weighted by molar-refractivity contribution is 6.07. The molecule has 0 N–H and O–H groups in total. The van der Waals surface area contributed by atoms with Crippen LogP contribution in [0.5, 0.6) is 5.75 Å². The van der Waals surface area contributed by atoms with Crippen molar-refractivity contribution in [1.29, 1.82) is 0 Å². The fraction of sp³-hybridized carbons (Fsp3) is 0.250. The van der Waals surface area contributed by atoms with Crippen molar-refractivity contribution in [1.82, 2.24) is 0 Å². The van der Waals surface area contributed by atoms with E-state index < -0.39 is 18.0 Å². The Morgan fingerprint density at radius 3 is 2.43 bits per heavy atom. The Bertz CT molecular complexity index is 931.